The fraction of sp³-hybridized carbons (Fsp3) is 0.167. The first-order valence-corrected chi connectivity index (χ1v) is 7.41. The molecule has 0 aliphatic carbocycles. The molecule has 0 aliphatic heterocycles. The van der Waals surface area contributed by atoms with E-state index in [1.807, 2.05) is 0 Å². The standard InChI is InChI=1S/C12H7Cl2F3N2OS/c1-21-11-6(5-20)4-18-19(11)10-8(13)2-7(3-9(10)14)12(15,16)17/h2-5H,1H3. The van der Waals surface area contributed by atoms with Crippen molar-refractivity contribution in [2.45, 2.75) is 11.2 Å². The lowest BCUT2D eigenvalue weighted by molar-refractivity contribution is -0.137. The van der Waals surface area contributed by atoms with E-state index in [9.17, 15) is 18.0 Å². The van der Waals surface area contributed by atoms with Gasteiger partial charge in [-0.1, -0.05) is 23.2 Å². The number of hydrogen-bond acceptors (Lipinski definition) is 3. The lowest BCUT2D eigenvalue weighted by atomic mass is 10.2. The quantitative estimate of drug-likeness (QED) is 0.590. The van der Waals surface area contributed by atoms with E-state index in [2.05, 4.69) is 5.10 Å². The summed E-state index contributed by atoms with van der Waals surface area (Å²) in [7, 11) is 0. The molecule has 0 amide bonds. The van der Waals surface area contributed by atoms with Crippen molar-refractivity contribution in [3.8, 4) is 5.69 Å². The van der Waals surface area contributed by atoms with Gasteiger partial charge in [0.2, 0.25) is 0 Å². The molecule has 0 unspecified atom stereocenters. The molecule has 2 rings (SSSR count). The van der Waals surface area contributed by atoms with Crippen LogP contribution in [0.15, 0.2) is 23.4 Å². The molecule has 0 bridgehead atoms. The van der Waals surface area contributed by atoms with Crippen LogP contribution in [0.4, 0.5) is 13.2 Å². The molecule has 0 radical (unpaired) electrons. The van der Waals surface area contributed by atoms with Gasteiger partial charge in [-0.3, -0.25) is 4.79 Å². The van der Waals surface area contributed by atoms with Crippen LogP contribution in [0.1, 0.15) is 15.9 Å². The number of carbonyl (C=O) groups excluding carboxylic acids is 1. The maximum absolute atomic E-state index is 12.7. The first-order valence-electron chi connectivity index (χ1n) is 5.43. The topological polar surface area (TPSA) is 34.9 Å². The van der Waals surface area contributed by atoms with Gasteiger partial charge in [0, 0.05) is 0 Å². The summed E-state index contributed by atoms with van der Waals surface area (Å²) >= 11 is 13.0. The number of benzene rings is 1. The van der Waals surface area contributed by atoms with E-state index in [1.54, 1.807) is 6.26 Å². The molecule has 112 valence electrons. The minimum atomic E-state index is -4.55. The number of nitrogens with zero attached hydrogens (tertiary/aromatic N) is 2. The van der Waals surface area contributed by atoms with Gasteiger partial charge >= 0.3 is 6.18 Å². The SMILES string of the molecule is CSc1c(C=O)cnn1-c1c(Cl)cc(C(F)(F)F)cc1Cl. The van der Waals surface area contributed by atoms with Crippen LogP contribution in [0.2, 0.25) is 10.0 Å². The highest BCUT2D eigenvalue weighted by molar-refractivity contribution is 7.98. The van der Waals surface area contributed by atoms with Crippen molar-refractivity contribution >= 4 is 41.2 Å². The van der Waals surface area contributed by atoms with Gasteiger partial charge in [0.15, 0.2) is 6.29 Å². The number of thioether (sulfide) groups is 1. The average Bonchev–Trinajstić information content (AvgIpc) is 2.79. The summed E-state index contributed by atoms with van der Waals surface area (Å²) in [4.78, 5) is 10.9. The van der Waals surface area contributed by atoms with E-state index in [-0.39, 0.29) is 15.7 Å². The Bertz CT molecular complexity index is 677. The maximum atomic E-state index is 12.7. The zero-order chi connectivity index (χ0) is 15.8. The summed E-state index contributed by atoms with van der Waals surface area (Å²) in [5, 5.41) is 3.99. The van der Waals surface area contributed by atoms with Crippen LogP contribution in [-0.2, 0) is 6.18 Å². The van der Waals surface area contributed by atoms with E-state index in [0.29, 0.717) is 16.9 Å². The van der Waals surface area contributed by atoms with Crippen LogP contribution in [0.3, 0.4) is 0 Å². The predicted octanol–water partition coefficient (Wildman–Crippen LogP) is 4.73. The third-order valence-corrected chi connectivity index (χ3v) is 4.00. The average molecular weight is 355 g/mol. The molecule has 21 heavy (non-hydrogen) atoms. The van der Waals surface area contributed by atoms with E-state index in [4.69, 9.17) is 23.2 Å². The summed E-state index contributed by atoms with van der Waals surface area (Å²) in [6, 6.07) is 1.55. The number of rotatable bonds is 3. The number of carbonyl (C=O) groups is 1. The minimum Gasteiger partial charge on any atom is -0.298 e. The normalized spacial score (nSPS) is 11.7. The number of aldehydes is 1. The molecular formula is C12H7Cl2F3N2OS. The van der Waals surface area contributed by atoms with Gasteiger partial charge in [0.25, 0.3) is 0 Å². The fourth-order valence-electron chi connectivity index (χ4n) is 1.73. The Hall–Kier alpha value is -1.18. The molecule has 0 saturated heterocycles. The van der Waals surface area contributed by atoms with Crippen molar-refractivity contribution in [3.05, 3.63) is 39.5 Å². The third kappa shape index (κ3) is 3.04. The number of halogens is 5. The van der Waals surface area contributed by atoms with Crippen LogP contribution in [0.5, 0.6) is 0 Å². The first-order chi connectivity index (χ1) is 9.79. The summed E-state index contributed by atoms with van der Waals surface area (Å²) in [5.74, 6) is 0. The zero-order valence-electron chi connectivity index (χ0n) is 10.4. The molecule has 0 atom stereocenters. The van der Waals surface area contributed by atoms with Crippen molar-refractivity contribution in [3.63, 3.8) is 0 Å². The number of alkyl halides is 3. The largest absolute Gasteiger partial charge is 0.416 e. The molecule has 1 aromatic carbocycles. The van der Waals surface area contributed by atoms with Gasteiger partial charge < -0.3 is 0 Å². The first kappa shape index (κ1) is 16.2. The van der Waals surface area contributed by atoms with Gasteiger partial charge in [0.05, 0.1) is 27.4 Å². The Morgan fingerprint density at radius 3 is 2.29 bits per heavy atom. The Labute approximate surface area is 132 Å². The van der Waals surface area contributed by atoms with Gasteiger partial charge in [-0.05, 0) is 18.4 Å². The van der Waals surface area contributed by atoms with E-state index >= 15 is 0 Å². The molecule has 0 aliphatic rings. The second-order valence-corrected chi connectivity index (χ2v) is 5.53. The van der Waals surface area contributed by atoms with Gasteiger partial charge in [-0.25, -0.2) is 4.68 Å². The highest BCUT2D eigenvalue weighted by Crippen LogP contribution is 2.38. The molecule has 0 fully saturated rings. The Kier molecular flexibility index (Phi) is 4.55. The molecule has 2 aromatic rings. The molecule has 1 heterocycles. The van der Waals surface area contributed by atoms with Crippen LogP contribution in [-0.4, -0.2) is 22.3 Å². The molecule has 0 N–H and O–H groups in total. The second-order valence-electron chi connectivity index (χ2n) is 3.93. The molecule has 0 saturated carbocycles. The van der Waals surface area contributed by atoms with Crippen molar-refractivity contribution in [1.82, 2.24) is 9.78 Å². The van der Waals surface area contributed by atoms with Crippen LogP contribution < -0.4 is 0 Å². The van der Waals surface area contributed by atoms with E-state index in [0.717, 1.165) is 12.1 Å². The van der Waals surface area contributed by atoms with Gasteiger partial charge in [-0.15, -0.1) is 11.8 Å². The Morgan fingerprint density at radius 2 is 1.86 bits per heavy atom. The smallest absolute Gasteiger partial charge is 0.298 e. The minimum absolute atomic E-state index is 0.101. The van der Waals surface area contributed by atoms with Crippen LogP contribution in [0, 0.1) is 0 Å². The molecular weight excluding hydrogens is 348 g/mol. The summed E-state index contributed by atoms with van der Waals surface area (Å²) in [6.07, 6.45) is -0.955. The number of aromatic nitrogens is 2. The Balaban J connectivity index is 2.66. The van der Waals surface area contributed by atoms with Crippen molar-refractivity contribution < 1.29 is 18.0 Å². The predicted molar refractivity (Wildman–Crippen MR) is 75.8 cm³/mol. The molecule has 0 spiro atoms. The number of hydrogen-bond donors (Lipinski definition) is 0. The Morgan fingerprint density at radius 1 is 1.29 bits per heavy atom. The zero-order valence-corrected chi connectivity index (χ0v) is 12.7. The van der Waals surface area contributed by atoms with Gasteiger partial charge in [-0.2, -0.15) is 18.3 Å². The van der Waals surface area contributed by atoms with Crippen molar-refractivity contribution in [1.29, 1.82) is 0 Å². The van der Waals surface area contributed by atoms with Gasteiger partial charge in [0.1, 0.15) is 10.7 Å². The highest BCUT2D eigenvalue weighted by atomic mass is 35.5. The summed E-state index contributed by atoms with van der Waals surface area (Å²) in [5.41, 5.74) is -0.548. The van der Waals surface area contributed by atoms with E-state index in [1.165, 1.54) is 22.6 Å². The van der Waals surface area contributed by atoms with Crippen molar-refractivity contribution in [2.75, 3.05) is 6.26 Å². The van der Waals surface area contributed by atoms with E-state index < -0.39 is 11.7 Å². The molecule has 3 nitrogen and oxygen atoms in total. The van der Waals surface area contributed by atoms with Crippen molar-refractivity contribution in [2.24, 2.45) is 0 Å². The highest BCUT2D eigenvalue weighted by Gasteiger charge is 2.32. The molecule has 1 aromatic heterocycles. The van der Waals surface area contributed by atoms with Crippen LogP contribution >= 0.6 is 35.0 Å². The summed E-state index contributed by atoms with van der Waals surface area (Å²) in [6.45, 7) is 0. The third-order valence-electron chi connectivity index (χ3n) is 2.63. The molecule has 9 heteroatoms. The monoisotopic (exact) mass is 354 g/mol. The lowest BCUT2D eigenvalue weighted by Crippen LogP contribution is -2.07. The fourth-order valence-corrected chi connectivity index (χ4v) is 3.02. The van der Waals surface area contributed by atoms with Crippen LogP contribution in [0.25, 0.3) is 5.69 Å². The maximum Gasteiger partial charge on any atom is 0.416 e. The summed E-state index contributed by atoms with van der Waals surface area (Å²) < 4.78 is 39.3. The second kappa shape index (κ2) is 5.90. The lowest BCUT2D eigenvalue weighted by Gasteiger charge is -2.13.